The highest BCUT2D eigenvalue weighted by Gasteiger charge is 2.17. The molecule has 1 aromatic carbocycles. The predicted octanol–water partition coefficient (Wildman–Crippen LogP) is 2.32. The number of carbonyl (C=O) groups is 2. The molecule has 19 heavy (non-hydrogen) atoms. The molecule has 1 aliphatic rings. The molecule has 0 fully saturated rings. The third-order valence-corrected chi connectivity index (χ3v) is 3.06. The van der Waals surface area contributed by atoms with Crippen molar-refractivity contribution in [2.24, 2.45) is 5.10 Å². The number of benzene rings is 1. The van der Waals surface area contributed by atoms with E-state index in [0.29, 0.717) is 18.5 Å². The van der Waals surface area contributed by atoms with Gasteiger partial charge in [0, 0.05) is 18.4 Å². The van der Waals surface area contributed by atoms with Crippen molar-refractivity contribution in [3.05, 3.63) is 29.3 Å². The molecule has 5 nitrogen and oxygen atoms in total. The first kappa shape index (κ1) is 13.6. The molecule has 0 spiro atoms. The number of hydrazone groups is 1. The Morgan fingerprint density at radius 3 is 2.84 bits per heavy atom. The third kappa shape index (κ3) is 3.35. The van der Waals surface area contributed by atoms with Crippen LogP contribution in [0.1, 0.15) is 30.9 Å². The highest BCUT2D eigenvalue weighted by molar-refractivity contribution is 7.96. The summed E-state index contributed by atoms with van der Waals surface area (Å²) < 4.78 is 0. The fourth-order valence-corrected chi connectivity index (χ4v) is 2.07. The van der Waals surface area contributed by atoms with Crippen molar-refractivity contribution in [1.82, 2.24) is 5.43 Å². The van der Waals surface area contributed by atoms with Gasteiger partial charge in [-0.25, -0.2) is 5.43 Å². The van der Waals surface area contributed by atoms with Gasteiger partial charge in [-0.15, -0.1) is 0 Å². The average molecular weight is 277 g/mol. The van der Waals surface area contributed by atoms with Crippen LogP contribution in [0.3, 0.4) is 0 Å². The van der Waals surface area contributed by atoms with Crippen molar-refractivity contribution in [1.29, 1.82) is 0 Å². The van der Waals surface area contributed by atoms with Gasteiger partial charge in [0.25, 0.3) is 5.24 Å². The standard InChI is InChI=1S/C13H15N3O2S/c1-2-8-3-4-9(11(7-8)14-13(18)19)10-5-6-12(17)16-15-10/h3-4,7H,2,5-6H2,1H3,(H,16,17)(H2,14,18,19). The summed E-state index contributed by atoms with van der Waals surface area (Å²) in [6, 6.07) is 5.80. The van der Waals surface area contributed by atoms with Gasteiger partial charge < -0.3 is 5.32 Å². The van der Waals surface area contributed by atoms with Gasteiger partial charge in [-0.3, -0.25) is 9.59 Å². The lowest BCUT2D eigenvalue weighted by Gasteiger charge is -2.16. The molecule has 0 unspecified atom stereocenters. The van der Waals surface area contributed by atoms with Crippen LogP contribution in [0, 0.1) is 0 Å². The summed E-state index contributed by atoms with van der Waals surface area (Å²) in [5, 5.41) is 6.31. The van der Waals surface area contributed by atoms with Crippen LogP contribution in [0.4, 0.5) is 10.5 Å². The van der Waals surface area contributed by atoms with Crippen molar-refractivity contribution < 1.29 is 9.59 Å². The van der Waals surface area contributed by atoms with Crippen molar-refractivity contribution in [2.45, 2.75) is 26.2 Å². The van der Waals surface area contributed by atoms with Gasteiger partial charge in [-0.1, -0.05) is 31.7 Å². The molecule has 0 radical (unpaired) electrons. The average Bonchev–Trinajstić information content (AvgIpc) is 2.39. The highest BCUT2D eigenvalue weighted by Crippen LogP contribution is 2.22. The lowest BCUT2D eigenvalue weighted by Crippen LogP contribution is -2.26. The smallest absolute Gasteiger partial charge is 0.280 e. The van der Waals surface area contributed by atoms with E-state index in [1.807, 2.05) is 25.1 Å². The maximum atomic E-state index is 11.1. The number of amides is 2. The zero-order valence-electron chi connectivity index (χ0n) is 10.6. The second-order valence-electron chi connectivity index (χ2n) is 4.26. The van der Waals surface area contributed by atoms with E-state index in [2.05, 4.69) is 28.5 Å². The molecular weight excluding hydrogens is 262 g/mol. The van der Waals surface area contributed by atoms with Crippen LogP contribution in [0.15, 0.2) is 23.3 Å². The zero-order valence-corrected chi connectivity index (χ0v) is 11.5. The van der Waals surface area contributed by atoms with Gasteiger partial charge in [0.15, 0.2) is 0 Å². The second-order valence-corrected chi connectivity index (χ2v) is 4.66. The van der Waals surface area contributed by atoms with Crippen LogP contribution in [-0.2, 0) is 11.2 Å². The first-order valence-electron chi connectivity index (χ1n) is 6.08. The summed E-state index contributed by atoms with van der Waals surface area (Å²) in [6.45, 7) is 2.04. The van der Waals surface area contributed by atoms with Crippen molar-refractivity contribution in [3.8, 4) is 0 Å². The van der Waals surface area contributed by atoms with Crippen molar-refractivity contribution in [3.63, 3.8) is 0 Å². The largest absolute Gasteiger partial charge is 0.316 e. The fourth-order valence-electron chi connectivity index (χ4n) is 1.95. The summed E-state index contributed by atoms with van der Waals surface area (Å²) in [7, 11) is 0. The molecule has 0 atom stereocenters. The minimum atomic E-state index is -0.421. The molecule has 1 aromatic rings. The number of thiol groups is 1. The van der Waals surface area contributed by atoms with Gasteiger partial charge in [0.1, 0.15) is 0 Å². The Kier molecular flexibility index (Phi) is 4.21. The van der Waals surface area contributed by atoms with Gasteiger partial charge in [-0.2, -0.15) is 5.10 Å². The Labute approximate surface area is 116 Å². The predicted molar refractivity (Wildman–Crippen MR) is 77.7 cm³/mol. The second kappa shape index (κ2) is 5.88. The molecule has 0 aliphatic carbocycles. The normalized spacial score (nSPS) is 14.6. The lowest BCUT2D eigenvalue weighted by atomic mass is 10.00. The number of anilines is 1. The molecule has 2 rings (SSSR count). The molecule has 0 saturated carbocycles. The van der Waals surface area contributed by atoms with Crippen LogP contribution in [0.25, 0.3) is 0 Å². The number of aryl methyl sites for hydroxylation is 1. The molecule has 0 bridgehead atoms. The topological polar surface area (TPSA) is 70.6 Å². The minimum Gasteiger partial charge on any atom is -0.316 e. The van der Waals surface area contributed by atoms with E-state index in [1.165, 1.54) is 0 Å². The van der Waals surface area contributed by atoms with Gasteiger partial charge in [0.2, 0.25) is 5.91 Å². The minimum absolute atomic E-state index is 0.0892. The SMILES string of the molecule is CCc1ccc(C2=NNC(=O)CC2)c(NC(=O)S)c1. The van der Waals surface area contributed by atoms with E-state index in [-0.39, 0.29) is 5.91 Å². The van der Waals surface area contributed by atoms with Crippen LogP contribution in [0.5, 0.6) is 0 Å². The molecule has 1 aliphatic heterocycles. The molecular formula is C13H15N3O2S. The van der Waals surface area contributed by atoms with Crippen LogP contribution in [-0.4, -0.2) is 16.9 Å². The monoisotopic (exact) mass is 277 g/mol. The van der Waals surface area contributed by atoms with Crippen molar-refractivity contribution in [2.75, 3.05) is 5.32 Å². The summed E-state index contributed by atoms with van der Waals surface area (Å²) in [5.74, 6) is -0.0892. The third-order valence-electron chi connectivity index (χ3n) is 2.95. The molecule has 6 heteroatoms. The Bertz CT molecular complexity index is 555. The van der Waals surface area contributed by atoms with E-state index < -0.39 is 5.24 Å². The van der Waals surface area contributed by atoms with E-state index >= 15 is 0 Å². The molecule has 100 valence electrons. The first-order valence-corrected chi connectivity index (χ1v) is 6.53. The summed E-state index contributed by atoms with van der Waals surface area (Å²) >= 11 is 3.74. The summed E-state index contributed by atoms with van der Waals surface area (Å²) in [4.78, 5) is 22.2. The van der Waals surface area contributed by atoms with Crippen LogP contribution >= 0.6 is 12.6 Å². The Balaban J connectivity index is 2.38. The number of hydrogen-bond donors (Lipinski definition) is 3. The number of rotatable bonds is 3. The fraction of sp³-hybridized carbons (Fsp3) is 0.308. The molecule has 2 amide bonds. The van der Waals surface area contributed by atoms with E-state index in [1.54, 1.807) is 0 Å². The highest BCUT2D eigenvalue weighted by atomic mass is 32.1. The number of nitrogens with zero attached hydrogens (tertiary/aromatic N) is 1. The van der Waals surface area contributed by atoms with Gasteiger partial charge in [0.05, 0.1) is 11.4 Å². The van der Waals surface area contributed by atoms with Crippen molar-refractivity contribution >= 4 is 35.2 Å². The maximum absolute atomic E-state index is 11.1. The number of hydrogen-bond acceptors (Lipinski definition) is 3. The van der Waals surface area contributed by atoms with Crippen LogP contribution in [0.2, 0.25) is 0 Å². The molecule has 0 saturated heterocycles. The maximum Gasteiger partial charge on any atom is 0.280 e. The number of carbonyl (C=O) groups excluding carboxylic acids is 2. The Morgan fingerprint density at radius 2 is 2.26 bits per heavy atom. The van der Waals surface area contributed by atoms with E-state index in [0.717, 1.165) is 23.3 Å². The molecule has 1 heterocycles. The molecule has 0 aromatic heterocycles. The molecule has 2 N–H and O–H groups in total. The lowest BCUT2D eigenvalue weighted by molar-refractivity contribution is -0.121. The van der Waals surface area contributed by atoms with Gasteiger partial charge in [-0.05, 0) is 18.1 Å². The van der Waals surface area contributed by atoms with E-state index in [4.69, 9.17) is 0 Å². The zero-order chi connectivity index (χ0) is 13.8. The summed E-state index contributed by atoms with van der Waals surface area (Å²) in [5.41, 5.74) is 5.83. The van der Waals surface area contributed by atoms with Gasteiger partial charge >= 0.3 is 0 Å². The number of nitrogens with one attached hydrogen (secondary N) is 2. The Hall–Kier alpha value is -1.82. The van der Waals surface area contributed by atoms with Crippen LogP contribution < -0.4 is 10.7 Å². The Morgan fingerprint density at radius 1 is 1.47 bits per heavy atom. The summed E-state index contributed by atoms with van der Waals surface area (Å²) in [6.07, 6.45) is 1.84. The van der Waals surface area contributed by atoms with E-state index in [9.17, 15) is 9.59 Å². The quantitative estimate of drug-likeness (QED) is 0.742. The first-order chi connectivity index (χ1) is 9.10.